The molecule has 0 aromatic heterocycles. The lowest BCUT2D eigenvalue weighted by Crippen LogP contribution is -2.40. The van der Waals surface area contributed by atoms with E-state index in [0.717, 1.165) is 18.8 Å². The standard InChI is InChI=1S/C15H25N/c1-4-13(5-2)11-15(3,16)12-14-9-7-6-8-10-14/h6-10,13H,4-5,11-12,16H2,1-3H3. The van der Waals surface area contributed by atoms with Gasteiger partial charge in [0.15, 0.2) is 0 Å². The van der Waals surface area contributed by atoms with E-state index in [0.29, 0.717) is 0 Å². The predicted molar refractivity (Wildman–Crippen MR) is 71.4 cm³/mol. The maximum absolute atomic E-state index is 6.40. The highest BCUT2D eigenvalue weighted by Gasteiger charge is 2.22. The van der Waals surface area contributed by atoms with E-state index in [2.05, 4.69) is 51.1 Å². The minimum absolute atomic E-state index is 0.0714. The Bertz CT molecular complexity index is 286. The van der Waals surface area contributed by atoms with E-state index in [1.54, 1.807) is 0 Å². The Balaban J connectivity index is 2.57. The molecule has 1 rings (SSSR count). The van der Waals surface area contributed by atoms with Gasteiger partial charge in [-0.2, -0.15) is 0 Å². The van der Waals surface area contributed by atoms with Crippen LogP contribution in [0.25, 0.3) is 0 Å². The van der Waals surface area contributed by atoms with Gasteiger partial charge in [-0.3, -0.25) is 0 Å². The zero-order valence-electron chi connectivity index (χ0n) is 10.9. The lowest BCUT2D eigenvalue weighted by molar-refractivity contribution is 0.322. The molecule has 1 aromatic rings. The van der Waals surface area contributed by atoms with Crippen LogP contribution < -0.4 is 5.73 Å². The first-order valence-corrected chi connectivity index (χ1v) is 6.40. The van der Waals surface area contributed by atoms with Crippen LogP contribution in [0.3, 0.4) is 0 Å². The van der Waals surface area contributed by atoms with Crippen molar-refractivity contribution in [3.8, 4) is 0 Å². The highest BCUT2D eigenvalue weighted by molar-refractivity contribution is 5.17. The average Bonchev–Trinajstić information content (AvgIpc) is 2.26. The SMILES string of the molecule is CCC(CC)CC(C)(N)Cc1ccccc1. The fourth-order valence-electron chi connectivity index (χ4n) is 2.37. The van der Waals surface area contributed by atoms with E-state index in [9.17, 15) is 0 Å². The Morgan fingerprint density at radius 2 is 1.69 bits per heavy atom. The largest absolute Gasteiger partial charge is 0.325 e. The summed E-state index contributed by atoms with van der Waals surface area (Å²) in [4.78, 5) is 0. The molecular formula is C15H25N. The van der Waals surface area contributed by atoms with Gasteiger partial charge in [0.25, 0.3) is 0 Å². The van der Waals surface area contributed by atoms with Gasteiger partial charge in [0, 0.05) is 5.54 Å². The molecule has 1 nitrogen and oxygen atoms in total. The van der Waals surface area contributed by atoms with Crippen LogP contribution in [0.2, 0.25) is 0 Å². The quantitative estimate of drug-likeness (QED) is 0.774. The highest BCUT2D eigenvalue weighted by Crippen LogP contribution is 2.23. The molecule has 0 aliphatic carbocycles. The summed E-state index contributed by atoms with van der Waals surface area (Å²) in [6.45, 7) is 6.69. The van der Waals surface area contributed by atoms with Crippen molar-refractivity contribution >= 4 is 0 Å². The van der Waals surface area contributed by atoms with Gasteiger partial charge in [-0.15, -0.1) is 0 Å². The Labute approximate surface area is 100 Å². The van der Waals surface area contributed by atoms with Gasteiger partial charge < -0.3 is 5.73 Å². The third-order valence-corrected chi connectivity index (χ3v) is 3.36. The van der Waals surface area contributed by atoms with Crippen molar-refractivity contribution < 1.29 is 0 Å². The minimum Gasteiger partial charge on any atom is -0.325 e. The molecule has 1 heteroatoms. The molecule has 0 fully saturated rings. The fraction of sp³-hybridized carbons (Fsp3) is 0.600. The van der Waals surface area contributed by atoms with E-state index in [-0.39, 0.29) is 5.54 Å². The van der Waals surface area contributed by atoms with Crippen molar-refractivity contribution in [2.24, 2.45) is 11.7 Å². The summed E-state index contributed by atoms with van der Waals surface area (Å²) < 4.78 is 0. The maximum Gasteiger partial charge on any atom is 0.0169 e. The Hall–Kier alpha value is -0.820. The van der Waals surface area contributed by atoms with E-state index < -0.39 is 0 Å². The van der Waals surface area contributed by atoms with E-state index in [1.165, 1.54) is 18.4 Å². The van der Waals surface area contributed by atoms with E-state index in [4.69, 9.17) is 5.73 Å². The van der Waals surface area contributed by atoms with Crippen LogP contribution in [-0.4, -0.2) is 5.54 Å². The maximum atomic E-state index is 6.40. The van der Waals surface area contributed by atoms with Crippen LogP contribution >= 0.6 is 0 Å². The summed E-state index contributed by atoms with van der Waals surface area (Å²) in [7, 11) is 0. The molecule has 0 amide bonds. The third kappa shape index (κ3) is 4.36. The Morgan fingerprint density at radius 3 is 2.19 bits per heavy atom. The normalized spacial score (nSPS) is 15.1. The summed E-state index contributed by atoms with van der Waals surface area (Å²) >= 11 is 0. The molecule has 1 unspecified atom stereocenters. The first kappa shape index (κ1) is 13.2. The van der Waals surface area contributed by atoms with Gasteiger partial charge in [0.2, 0.25) is 0 Å². The summed E-state index contributed by atoms with van der Waals surface area (Å²) in [5.41, 5.74) is 7.68. The number of hydrogen-bond donors (Lipinski definition) is 1. The van der Waals surface area contributed by atoms with E-state index in [1.807, 2.05) is 0 Å². The Kier molecular flexibility index (Phi) is 5.01. The predicted octanol–water partition coefficient (Wildman–Crippen LogP) is 3.77. The van der Waals surface area contributed by atoms with Gasteiger partial charge in [-0.05, 0) is 31.2 Å². The van der Waals surface area contributed by atoms with Crippen LogP contribution in [0.15, 0.2) is 30.3 Å². The molecule has 0 saturated carbocycles. The van der Waals surface area contributed by atoms with Gasteiger partial charge in [0.05, 0.1) is 0 Å². The van der Waals surface area contributed by atoms with Crippen LogP contribution in [-0.2, 0) is 6.42 Å². The number of benzene rings is 1. The van der Waals surface area contributed by atoms with Gasteiger partial charge in [-0.1, -0.05) is 57.0 Å². The Morgan fingerprint density at radius 1 is 1.12 bits per heavy atom. The molecule has 16 heavy (non-hydrogen) atoms. The molecule has 90 valence electrons. The summed E-state index contributed by atoms with van der Waals surface area (Å²) in [6.07, 6.45) is 4.56. The number of nitrogens with two attached hydrogens (primary N) is 1. The second-order valence-electron chi connectivity index (χ2n) is 5.20. The third-order valence-electron chi connectivity index (χ3n) is 3.36. The molecule has 0 saturated heterocycles. The molecule has 0 aliphatic heterocycles. The zero-order valence-corrected chi connectivity index (χ0v) is 10.9. The summed E-state index contributed by atoms with van der Waals surface area (Å²) in [5, 5.41) is 0. The first-order chi connectivity index (χ1) is 7.57. The van der Waals surface area contributed by atoms with Crippen LogP contribution in [0, 0.1) is 5.92 Å². The molecule has 0 radical (unpaired) electrons. The first-order valence-electron chi connectivity index (χ1n) is 6.40. The monoisotopic (exact) mass is 219 g/mol. The van der Waals surface area contributed by atoms with Crippen molar-refractivity contribution in [3.05, 3.63) is 35.9 Å². The molecule has 2 N–H and O–H groups in total. The summed E-state index contributed by atoms with van der Waals surface area (Å²) in [5.74, 6) is 0.763. The van der Waals surface area contributed by atoms with Crippen molar-refractivity contribution in [1.82, 2.24) is 0 Å². The molecule has 1 aromatic carbocycles. The molecule has 1 atom stereocenters. The lowest BCUT2D eigenvalue weighted by Gasteiger charge is -2.29. The summed E-state index contributed by atoms with van der Waals surface area (Å²) in [6, 6.07) is 10.6. The van der Waals surface area contributed by atoms with Crippen LogP contribution in [0.4, 0.5) is 0 Å². The van der Waals surface area contributed by atoms with Gasteiger partial charge >= 0.3 is 0 Å². The number of hydrogen-bond acceptors (Lipinski definition) is 1. The molecule has 0 heterocycles. The molecular weight excluding hydrogens is 194 g/mol. The number of rotatable bonds is 6. The smallest absolute Gasteiger partial charge is 0.0169 e. The van der Waals surface area contributed by atoms with Crippen LogP contribution in [0.1, 0.15) is 45.6 Å². The van der Waals surface area contributed by atoms with Crippen molar-refractivity contribution in [2.45, 2.75) is 52.0 Å². The second kappa shape index (κ2) is 6.05. The fourth-order valence-corrected chi connectivity index (χ4v) is 2.37. The van der Waals surface area contributed by atoms with Gasteiger partial charge in [0.1, 0.15) is 0 Å². The second-order valence-corrected chi connectivity index (χ2v) is 5.20. The van der Waals surface area contributed by atoms with Crippen molar-refractivity contribution in [3.63, 3.8) is 0 Å². The van der Waals surface area contributed by atoms with Crippen molar-refractivity contribution in [2.75, 3.05) is 0 Å². The average molecular weight is 219 g/mol. The van der Waals surface area contributed by atoms with Gasteiger partial charge in [-0.25, -0.2) is 0 Å². The molecule has 0 bridgehead atoms. The highest BCUT2D eigenvalue weighted by atomic mass is 14.7. The van der Waals surface area contributed by atoms with Crippen molar-refractivity contribution in [1.29, 1.82) is 0 Å². The molecule has 0 aliphatic rings. The van der Waals surface area contributed by atoms with E-state index >= 15 is 0 Å². The molecule has 0 spiro atoms. The lowest BCUT2D eigenvalue weighted by atomic mass is 9.82. The zero-order chi connectivity index (χ0) is 12.0. The minimum atomic E-state index is -0.0714. The topological polar surface area (TPSA) is 26.0 Å². The van der Waals surface area contributed by atoms with Crippen LogP contribution in [0.5, 0.6) is 0 Å².